The Hall–Kier alpha value is -2.18. The largest absolute Gasteiger partial charge is 0.385 e. The number of nitrogens with one attached hydrogen (secondary N) is 1. The number of aryl methyl sites for hydroxylation is 1. The summed E-state index contributed by atoms with van der Waals surface area (Å²) >= 11 is 6.23. The van der Waals surface area contributed by atoms with Gasteiger partial charge in [-0.3, -0.25) is 15.1 Å². The van der Waals surface area contributed by atoms with Gasteiger partial charge in [0, 0.05) is 36.1 Å². The van der Waals surface area contributed by atoms with Crippen molar-refractivity contribution in [2.45, 2.75) is 44.2 Å². The molecule has 6 nitrogen and oxygen atoms in total. The topological polar surface area (TPSA) is 88.3 Å². The molecule has 132 valence electrons. The van der Waals surface area contributed by atoms with Crippen LogP contribution in [0.3, 0.4) is 0 Å². The van der Waals surface area contributed by atoms with Crippen LogP contribution in [0.25, 0.3) is 0 Å². The van der Waals surface area contributed by atoms with E-state index in [1.54, 1.807) is 19.3 Å². The summed E-state index contributed by atoms with van der Waals surface area (Å²) in [6.45, 7) is 1.80. The van der Waals surface area contributed by atoms with Crippen LogP contribution in [-0.2, 0) is 5.60 Å². The number of rotatable bonds is 4. The molecule has 0 amide bonds. The summed E-state index contributed by atoms with van der Waals surface area (Å²) in [4.78, 5) is 14.5. The van der Waals surface area contributed by atoms with Gasteiger partial charge in [0.2, 0.25) is 0 Å². The molecule has 1 aliphatic rings. The van der Waals surface area contributed by atoms with Gasteiger partial charge < -0.3 is 10.4 Å². The third-order valence-electron chi connectivity index (χ3n) is 4.84. The number of hydrogen-bond donors (Lipinski definition) is 2. The molecule has 1 aromatic carbocycles. The summed E-state index contributed by atoms with van der Waals surface area (Å²) in [6.07, 6.45) is 6.21. The third-order valence-corrected chi connectivity index (χ3v) is 5.14. The van der Waals surface area contributed by atoms with Gasteiger partial charge in [0.15, 0.2) is 0 Å². The molecule has 1 heterocycles. The Morgan fingerprint density at radius 1 is 1.40 bits per heavy atom. The molecule has 1 fully saturated rings. The molecule has 25 heavy (non-hydrogen) atoms. The maximum atomic E-state index is 10.9. The first kappa shape index (κ1) is 17.6. The highest BCUT2D eigenvalue weighted by molar-refractivity contribution is 6.33. The van der Waals surface area contributed by atoms with Crippen molar-refractivity contribution in [3.63, 3.8) is 0 Å². The molecule has 2 N–H and O–H groups in total. The summed E-state index contributed by atoms with van der Waals surface area (Å²) in [6, 6.07) is 6.78. The van der Waals surface area contributed by atoms with Crippen LogP contribution in [0, 0.1) is 17.0 Å². The number of aromatic nitrogens is 1. The Bertz CT molecular complexity index is 751. The van der Waals surface area contributed by atoms with E-state index in [1.165, 1.54) is 12.1 Å². The van der Waals surface area contributed by atoms with Gasteiger partial charge in [0.1, 0.15) is 0 Å². The number of non-ortho nitro benzene ring substituents is 1. The fourth-order valence-corrected chi connectivity index (χ4v) is 3.70. The fourth-order valence-electron chi connectivity index (χ4n) is 3.38. The summed E-state index contributed by atoms with van der Waals surface area (Å²) in [5.74, 6) is 0. The quantitative estimate of drug-likeness (QED) is 0.629. The van der Waals surface area contributed by atoms with Crippen molar-refractivity contribution in [1.82, 2.24) is 4.98 Å². The zero-order valence-electron chi connectivity index (χ0n) is 13.9. The molecular formula is C18H20ClN3O3. The lowest BCUT2D eigenvalue weighted by Crippen LogP contribution is -2.36. The number of nitro benzene ring substituents is 1. The first-order valence-corrected chi connectivity index (χ1v) is 8.61. The minimum atomic E-state index is -0.846. The Labute approximate surface area is 151 Å². The van der Waals surface area contributed by atoms with Crippen LogP contribution in [-0.4, -0.2) is 21.1 Å². The van der Waals surface area contributed by atoms with Gasteiger partial charge in [-0.05, 0) is 44.2 Å². The van der Waals surface area contributed by atoms with Gasteiger partial charge in [-0.1, -0.05) is 17.7 Å². The van der Waals surface area contributed by atoms with Crippen LogP contribution < -0.4 is 5.32 Å². The number of hydrogen-bond acceptors (Lipinski definition) is 5. The first-order chi connectivity index (χ1) is 11.9. The number of pyridine rings is 1. The lowest BCUT2D eigenvalue weighted by Gasteiger charge is -2.37. The molecule has 1 aliphatic carbocycles. The molecule has 0 aliphatic heterocycles. The van der Waals surface area contributed by atoms with E-state index in [4.69, 9.17) is 11.6 Å². The Morgan fingerprint density at radius 2 is 2.12 bits per heavy atom. The van der Waals surface area contributed by atoms with Crippen LogP contribution in [0.2, 0.25) is 5.02 Å². The number of nitrogens with zero attached hydrogens (tertiary/aromatic N) is 2. The number of halogens is 1. The molecule has 1 aromatic heterocycles. The summed E-state index contributed by atoms with van der Waals surface area (Å²) in [7, 11) is 0. The predicted molar refractivity (Wildman–Crippen MR) is 96.9 cm³/mol. The Morgan fingerprint density at radius 3 is 2.68 bits per heavy atom. The van der Waals surface area contributed by atoms with Crippen molar-refractivity contribution in [2.75, 3.05) is 5.32 Å². The molecule has 0 bridgehead atoms. The monoisotopic (exact) mass is 361 g/mol. The fraction of sp³-hybridized carbons (Fsp3) is 0.389. The highest BCUT2D eigenvalue weighted by Crippen LogP contribution is 2.39. The maximum absolute atomic E-state index is 10.9. The molecular weight excluding hydrogens is 342 g/mol. The molecule has 0 atom stereocenters. The van der Waals surface area contributed by atoms with E-state index in [0.717, 1.165) is 29.7 Å². The number of aliphatic hydroxyl groups is 1. The van der Waals surface area contributed by atoms with Gasteiger partial charge >= 0.3 is 0 Å². The van der Waals surface area contributed by atoms with Gasteiger partial charge in [0.25, 0.3) is 5.69 Å². The van der Waals surface area contributed by atoms with Crippen molar-refractivity contribution in [3.05, 3.63) is 62.9 Å². The highest BCUT2D eigenvalue weighted by Gasteiger charge is 2.35. The summed E-state index contributed by atoms with van der Waals surface area (Å²) in [5.41, 5.74) is 1.46. The molecule has 0 spiro atoms. The van der Waals surface area contributed by atoms with Gasteiger partial charge in [0.05, 0.1) is 21.2 Å². The van der Waals surface area contributed by atoms with E-state index in [1.807, 2.05) is 12.1 Å². The lowest BCUT2D eigenvalue weighted by atomic mass is 9.78. The Balaban J connectivity index is 1.70. The zero-order chi connectivity index (χ0) is 18.0. The van der Waals surface area contributed by atoms with Crippen molar-refractivity contribution >= 4 is 23.0 Å². The van der Waals surface area contributed by atoms with E-state index < -0.39 is 10.5 Å². The summed E-state index contributed by atoms with van der Waals surface area (Å²) in [5, 5.41) is 25.5. The molecule has 2 aromatic rings. The Kier molecular flexibility index (Phi) is 4.92. The second kappa shape index (κ2) is 6.98. The van der Waals surface area contributed by atoms with E-state index in [9.17, 15) is 15.2 Å². The third kappa shape index (κ3) is 3.75. The van der Waals surface area contributed by atoms with Crippen molar-refractivity contribution in [1.29, 1.82) is 0 Å². The van der Waals surface area contributed by atoms with E-state index in [-0.39, 0.29) is 11.7 Å². The normalized spacial score (nSPS) is 23.2. The molecule has 7 heteroatoms. The number of nitro groups is 1. The lowest BCUT2D eigenvalue weighted by molar-refractivity contribution is -0.384. The van der Waals surface area contributed by atoms with Crippen molar-refractivity contribution in [3.8, 4) is 0 Å². The van der Waals surface area contributed by atoms with Gasteiger partial charge in [-0.2, -0.15) is 0 Å². The summed E-state index contributed by atoms with van der Waals surface area (Å²) < 4.78 is 0. The van der Waals surface area contributed by atoms with Crippen LogP contribution in [0.5, 0.6) is 0 Å². The highest BCUT2D eigenvalue weighted by atomic mass is 35.5. The SMILES string of the molecule is Cc1cc([N+](=O)[O-])cc(Cl)c1NC1CCC(O)(c2cccnc2)CC1. The van der Waals surface area contributed by atoms with E-state index in [2.05, 4.69) is 10.3 Å². The second-order valence-corrected chi connectivity index (χ2v) is 6.98. The number of benzene rings is 1. The average Bonchev–Trinajstić information content (AvgIpc) is 2.60. The predicted octanol–water partition coefficient (Wildman–Crippen LogP) is 4.19. The minimum Gasteiger partial charge on any atom is -0.385 e. The van der Waals surface area contributed by atoms with E-state index in [0.29, 0.717) is 17.9 Å². The zero-order valence-corrected chi connectivity index (χ0v) is 14.7. The molecule has 0 saturated heterocycles. The average molecular weight is 362 g/mol. The van der Waals surface area contributed by atoms with Gasteiger partial charge in [-0.25, -0.2) is 0 Å². The second-order valence-electron chi connectivity index (χ2n) is 6.57. The standard InChI is InChI=1S/C18H20ClN3O3/c1-12-9-15(22(24)25)10-16(19)17(12)21-14-4-6-18(23,7-5-14)13-3-2-8-20-11-13/h2-3,8-11,14,21,23H,4-7H2,1H3. The smallest absolute Gasteiger partial charge is 0.271 e. The van der Waals surface area contributed by atoms with Crippen LogP contribution in [0.15, 0.2) is 36.7 Å². The molecule has 1 saturated carbocycles. The van der Waals surface area contributed by atoms with Crippen LogP contribution in [0.1, 0.15) is 36.8 Å². The van der Waals surface area contributed by atoms with E-state index >= 15 is 0 Å². The van der Waals surface area contributed by atoms with Gasteiger partial charge in [-0.15, -0.1) is 0 Å². The van der Waals surface area contributed by atoms with Crippen molar-refractivity contribution < 1.29 is 10.0 Å². The van der Waals surface area contributed by atoms with Crippen molar-refractivity contribution in [2.24, 2.45) is 0 Å². The maximum Gasteiger partial charge on any atom is 0.271 e. The number of anilines is 1. The molecule has 3 rings (SSSR count). The van der Waals surface area contributed by atoms with Crippen LogP contribution in [0.4, 0.5) is 11.4 Å². The first-order valence-electron chi connectivity index (χ1n) is 8.23. The van der Waals surface area contributed by atoms with Crippen LogP contribution >= 0.6 is 11.6 Å². The minimum absolute atomic E-state index is 0.0114. The molecule has 0 radical (unpaired) electrons. The molecule has 0 unspecified atom stereocenters.